The Balaban J connectivity index is 1.56. The maximum atomic E-state index is 9.35. The van der Waals surface area contributed by atoms with E-state index in [9.17, 15) is 5.26 Å². The molecule has 0 saturated carbocycles. The van der Waals surface area contributed by atoms with Crippen LogP contribution in [0.4, 0.5) is 5.82 Å². The molecule has 2 aromatic carbocycles. The number of methoxy groups -OCH3 is 2. The number of benzene rings is 2. The Hall–Kier alpha value is -3.63. The average Bonchev–Trinajstić information content (AvgIpc) is 3.30. The molecule has 0 amide bonds. The number of anilines is 1. The Bertz CT molecular complexity index is 1340. The maximum Gasteiger partial charge on any atom is 0.162 e. The summed E-state index contributed by atoms with van der Waals surface area (Å²) in [5.74, 6) is 2.73. The Morgan fingerprint density at radius 3 is 2.36 bits per heavy atom. The highest BCUT2D eigenvalue weighted by Gasteiger charge is 2.19. The molecule has 0 aliphatic rings. The molecule has 4 rings (SSSR count). The predicted molar refractivity (Wildman–Crippen MR) is 133 cm³/mol. The fraction of sp³-hybridized carbons (Fsp3) is 0.269. The molecule has 2 aromatic heterocycles. The van der Waals surface area contributed by atoms with Crippen molar-refractivity contribution >= 4 is 28.1 Å². The lowest BCUT2D eigenvalue weighted by molar-refractivity contribution is 0.356. The number of nitrogens with zero attached hydrogens (tertiary/aromatic N) is 3. The Kier molecular flexibility index (Phi) is 6.21. The van der Waals surface area contributed by atoms with Gasteiger partial charge in [-0.25, -0.2) is 9.97 Å². The van der Waals surface area contributed by atoms with Crippen LogP contribution in [0.25, 0.3) is 21.3 Å². The van der Waals surface area contributed by atoms with E-state index in [0.29, 0.717) is 23.9 Å². The zero-order chi connectivity index (χ0) is 23.6. The Morgan fingerprint density at radius 2 is 1.70 bits per heavy atom. The highest BCUT2D eigenvalue weighted by Crippen LogP contribution is 2.35. The molecule has 0 radical (unpaired) electrons. The normalized spacial score (nSPS) is 11.3. The van der Waals surface area contributed by atoms with Crippen LogP contribution < -0.4 is 14.8 Å². The molecule has 0 aliphatic carbocycles. The minimum Gasteiger partial charge on any atom is -0.493 e. The molecule has 0 unspecified atom stereocenters. The summed E-state index contributed by atoms with van der Waals surface area (Å²) in [6.45, 7) is 6.38. The monoisotopic (exact) mass is 458 g/mol. The molecule has 7 heteroatoms. The van der Waals surface area contributed by atoms with Gasteiger partial charge in [0.15, 0.2) is 11.5 Å². The highest BCUT2D eigenvalue weighted by atomic mass is 32.1. The molecule has 6 nitrogen and oxygen atoms in total. The summed E-state index contributed by atoms with van der Waals surface area (Å²) >= 11 is 1.73. The standard InChI is InChI=1S/C26H26N4O2S/c1-16-29-21-13-23(32-5)22(31-4)12-20(21)25(30-16)28-14-19-10-11-24(33-19)17-6-8-18(9-7-17)26(2,3)15-27/h6-13H,14H2,1-5H3,(H,28,29,30). The third kappa shape index (κ3) is 4.62. The van der Waals surface area contributed by atoms with Crippen molar-refractivity contribution < 1.29 is 9.47 Å². The molecular weight excluding hydrogens is 432 g/mol. The van der Waals surface area contributed by atoms with Gasteiger partial charge in [-0.05, 0) is 50.1 Å². The second-order valence-electron chi connectivity index (χ2n) is 8.28. The van der Waals surface area contributed by atoms with Crippen molar-refractivity contribution in [1.82, 2.24) is 9.97 Å². The summed E-state index contributed by atoms with van der Waals surface area (Å²) in [4.78, 5) is 11.5. The van der Waals surface area contributed by atoms with Crippen LogP contribution in [0.3, 0.4) is 0 Å². The second-order valence-corrected chi connectivity index (χ2v) is 9.45. The second kappa shape index (κ2) is 9.08. The van der Waals surface area contributed by atoms with Crippen molar-refractivity contribution in [3.05, 3.63) is 64.8 Å². The molecule has 0 atom stereocenters. The summed E-state index contributed by atoms with van der Waals surface area (Å²) in [7, 11) is 3.23. The summed E-state index contributed by atoms with van der Waals surface area (Å²) in [5.41, 5.74) is 2.47. The van der Waals surface area contributed by atoms with Crippen LogP contribution in [0.1, 0.15) is 30.1 Å². The Labute approximate surface area is 197 Å². The van der Waals surface area contributed by atoms with Gasteiger partial charge < -0.3 is 14.8 Å². The molecule has 33 heavy (non-hydrogen) atoms. The van der Waals surface area contributed by atoms with Crippen LogP contribution in [0.2, 0.25) is 0 Å². The first kappa shape index (κ1) is 22.6. The minimum absolute atomic E-state index is 0.492. The van der Waals surface area contributed by atoms with Crippen molar-refractivity contribution in [2.24, 2.45) is 0 Å². The van der Waals surface area contributed by atoms with Gasteiger partial charge >= 0.3 is 0 Å². The number of ether oxygens (including phenoxy) is 2. The first-order valence-corrected chi connectivity index (χ1v) is 11.4. The molecule has 0 saturated heterocycles. The van der Waals surface area contributed by atoms with E-state index in [0.717, 1.165) is 27.8 Å². The van der Waals surface area contributed by atoms with E-state index in [-0.39, 0.29) is 0 Å². The number of nitriles is 1. The molecular formula is C26H26N4O2S. The number of hydrogen-bond acceptors (Lipinski definition) is 7. The predicted octanol–water partition coefficient (Wildman–Crippen LogP) is 6.10. The van der Waals surface area contributed by atoms with Gasteiger partial charge in [0, 0.05) is 21.2 Å². The molecule has 4 aromatic rings. The number of thiophene rings is 1. The summed E-state index contributed by atoms with van der Waals surface area (Å²) in [6, 6.07) is 18.6. The van der Waals surface area contributed by atoms with Crippen molar-refractivity contribution in [2.75, 3.05) is 19.5 Å². The quantitative estimate of drug-likeness (QED) is 0.361. The zero-order valence-corrected chi connectivity index (χ0v) is 20.2. The van der Waals surface area contributed by atoms with Crippen LogP contribution in [-0.2, 0) is 12.0 Å². The number of aryl methyl sites for hydroxylation is 1. The zero-order valence-electron chi connectivity index (χ0n) is 19.4. The van der Waals surface area contributed by atoms with Crippen molar-refractivity contribution in [3.8, 4) is 28.0 Å². The van der Waals surface area contributed by atoms with Crippen LogP contribution in [0.5, 0.6) is 11.5 Å². The van der Waals surface area contributed by atoms with Gasteiger partial charge in [0.05, 0.1) is 37.8 Å². The molecule has 0 fully saturated rings. The van der Waals surface area contributed by atoms with E-state index in [1.165, 1.54) is 9.75 Å². The number of rotatable bonds is 7. The van der Waals surface area contributed by atoms with E-state index in [4.69, 9.17) is 9.47 Å². The highest BCUT2D eigenvalue weighted by molar-refractivity contribution is 7.15. The first-order valence-electron chi connectivity index (χ1n) is 10.6. The smallest absolute Gasteiger partial charge is 0.162 e. The van der Waals surface area contributed by atoms with Gasteiger partial charge in [-0.1, -0.05) is 24.3 Å². The van der Waals surface area contributed by atoms with Gasteiger partial charge in [-0.2, -0.15) is 5.26 Å². The van der Waals surface area contributed by atoms with Crippen LogP contribution in [0.15, 0.2) is 48.5 Å². The van der Waals surface area contributed by atoms with Gasteiger partial charge in [-0.3, -0.25) is 0 Å². The molecule has 0 bridgehead atoms. The fourth-order valence-corrected chi connectivity index (χ4v) is 4.57. The number of fused-ring (bicyclic) bond motifs is 1. The fourth-order valence-electron chi connectivity index (χ4n) is 3.62. The number of nitrogens with one attached hydrogen (secondary N) is 1. The van der Waals surface area contributed by atoms with Crippen molar-refractivity contribution in [1.29, 1.82) is 5.26 Å². The number of aromatic nitrogens is 2. The number of hydrogen-bond donors (Lipinski definition) is 1. The largest absolute Gasteiger partial charge is 0.493 e. The molecule has 1 N–H and O–H groups in total. The van der Waals surface area contributed by atoms with Gasteiger partial charge in [0.2, 0.25) is 0 Å². The maximum absolute atomic E-state index is 9.35. The Morgan fingerprint density at radius 1 is 1.00 bits per heavy atom. The van der Waals surface area contributed by atoms with E-state index >= 15 is 0 Å². The van der Waals surface area contributed by atoms with E-state index in [1.807, 2.05) is 45.0 Å². The molecule has 0 aliphatic heterocycles. The molecule has 0 spiro atoms. The van der Waals surface area contributed by atoms with E-state index in [1.54, 1.807) is 25.6 Å². The van der Waals surface area contributed by atoms with Crippen LogP contribution >= 0.6 is 11.3 Å². The third-order valence-corrected chi connectivity index (χ3v) is 6.71. The molecule has 168 valence electrons. The van der Waals surface area contributed by atoms with E-state index < -0.39 is 5.41 Å². The van der Waals surface area contributed by atoms with Crippen molar-refractivity contribution in [2.45, 2.75) is 32.7 Å². The topological polar surface area (TPSA) is 80.1 Å². The van der Waals surface area contributed by atoms with Crippen molar-refractivity contribution in [3.63, 3.8) is 0 Å². The minimum atomic E-state index is -0.492. The average molecular weight is 459 g/mol. The third-order valence-electron chi connectivity index (χ3n) is 5.58. The summed E-state index contributed by atoms with van der Waals surface area (Å²) < 4.78 is 10.9. The lowest BCUT2D eigenvalue weighted by Gasteiger charge is -2.15. The van der Waals surface area contributed by atoms with Gasteiger partial charge in [0.25, 0.3) is 0 Å². The van der Waals surface area contributed by atoms with Gasteiger partial charge in [0.1, 0.15) is 11.6 Å². The molecule has 2 heterocycles. The van der Waals surface area contributed by atoms with E-state index in [2.05, 4.69) is 45.6 Å². The van der Waals surface area contributed by atoms with Gasteiger partial charge in [-0.15, -0.1) is 11.3 Å². The summed E-state index contributed by atoms with van der Waals surface area (Å²) in [5, 5.41) is 13.7. The van der Waals surface area contributed by atoms with Crippen LogP contribution in [-0.4, -0.2) is 24.2 Å². The lowest BCUT2D eigenvalue weighted by Crippen LogP contribution is -2.13. The lowest BCUT2D eigenvalue weighted by atomic mass is 9.86. The first-order chi connectivity index (χ1) is 15.8. The summed E-state index contributed by atoms with van der Waals surface area (Å²) in [6.07, 6.45) is 0. The van der Waals surface area contributed by atoms with Crippen LogP contribution in [0, 0.1) is 18.3 Å². The SMILES string of the molecule is COc1cc2nc(C)nc(NCc3ccc(-c4ccc(C(C)(C)C#N)cc4)s3)c2cc1OC.